The van der Waals surface area contributed by atoms with Crippen LogP contribution in [0, 0.1) is 6.92 Å². The molecule has 2 aromatic carbocycles. The van der Waals surface area contributed by atoms with Crippen molar-refractivity contribution >= 4 is 32.7 Å². The first-order valence-corrected chi connectivity index (χ1v) is 10.7. The SMILES string of the molecule is Cc1nc2cccc(NC(=O)c3ccc(S(=O)(=O)N4CCCCC4)cc3)c2o1. The minimum atomic E-state index is -3.51. The van der Waals surface area contributed by atoms with Gasteiger partial charge in [-0.05, 0) is 49.2 Å². The van der Waals surface area contributed by atoms with Crippen LogP contribution in [0.15, 0.2) is 51.8 Å². The molecular weight excluding hydrogens is 378 g/mol. The van der Waals surface area contributed by atoms with Gasteiger partial charge in [-0.15, -0.1) is 0 Å². The van der Waals surface area contributed by atoms with Crippen molar-refractivity contribution < 1.29 is 17.6 Å². The number of nitrogens with zero attached hydrogens (tertiary/aromatic N) is 2. The molecule has 1 N–H and O–H groups in total. The number of hydrogen-bond acceptors (Lipinski definition) is 5. The van der Waals surface area contributed by atoms with E-state index in [2.05, 4.69) is 10.3 Å². The van der Waals surface area contributed by atoms with Crippen LogP contribution >= 0.6 is 0 Å². The molecule has 4 rings (SSSR count). The topological polar surface area (TPSA) is 92.5 Å². The summed E-state index contributed by atoms with van der Waals surface area (Å²) in [6.45, 7) is 2.84. The van der Waals surface area contributed by atoms with Crippen molar-refractivity contribution in [3.63, 3.8) is 0 Å². The summed E-state index contributed by atoms with van der Waals surface area (Å²) in [5.41, 5.74) is 2.06. The van der Waals surface area contributed by atoms with Gasteiger partial charge >= 0.3 is 0 Å². The number of anilines is 1. The van der Waals surface area contributed by atoms with Crippen molar-refractivity contribution in [3.8, 4) is 0 Å². The number of para-hydroxylation sites is 1. The fourth-order valence-electron chi connectivity index (χ4n) is 3.39. The van der Waals surface area contributed by atoms with E-state index in [1.54, 1.807) is 19.1 Å². The normalized spacial score (nSPS) is 15.6. The molecule has 7 nitrogen and oxygen atoms in total. The summed E-state index contributed by atoms with van der Waals surface area (Å²) in [6, 6.07) is 11.3. The maximum absolute atomic E-state index is 12.7. The van der Waals surface area contributed by atoms with Gasteiger partial charge in [0, 0.05) is 25.6 Å². The maximum Gasteiger partial charge on any atom is 0.255 e. The summed E-state index contributed by atoms with van der Waals surface area (Å²) < 4.78 is 32.5. The highest BCUT2D eigenvalue weighted by Gasteiger charge is 2.26. The number of carbonyl (C=O) groups is 1. The highest BCUT2D eigenvalue weighted by molar-refractivity contribution is 7.89. The Hall–Kier alpha value is -2.71. The molecule has 0 aliphatic carbocycles. The van der Waals surface area contributed by atoms with Gasteiger partial charge in [0.05, 0.1) is 10.6 Å². The predicted octanol–water partition coefficient (Wildman–Crippen LogP) is 3.56. The lowest BCUT2D eigenvalue weighted by molar-refractivity contribution is 0.102. The van der Waals surface area contributed by atoms with E-state index < -0.39 is 10.0 Å². The quantitative estimate of drug-likeness (QED) is 0.724. The first-order chi connectivity index (χ1) is 13.4. The van der Waals surface area contributed by atoms with E-state index >= 15 is 0 Å². The van der Waals surface area contributed by atoms with Crippen LogP contribution in [0.5, 0.6) is 0 Å². The Morgan fingerprint density at radius 3 is 2.50 bits per heavy atom. The van der Waals surface area contributed by atoms with Crippen LogP contribution in [0.25, 0.3) is 11.1 Å². The molecule has 0 spiro atoms. The van der Waals surface area contributed by atoms with Gasteiger partial charge < -0.3 is 9.73 Å². The fourth-order valence-corrected chi connectivity index (χ4v) is 4.90. The van der Waals surface area contributed by atoms with E-state index in [9.17, 15) is 13.2 Å². The van der Waals surface area contributed by atoms with Crippen LogP contribution < -0.4 is 5.32 Å². The molecule has 0 saturated carbocycles. The molecule has 1 aliphatic rings. The molecular formula is C20H21N3O4S. The van der Waals surface area contributed by atoms with Gasteiger partial charge in [-0.3, -0.25) is 4.79 Å². The third-order valence-corrected chi connectivity index (χ3v) is 6.75. The standard InChI is InChI=1S/C20H21N3O4S/c1-14-21-17-6-5-7-18(19(17)27-14)22-20(24)15-8-10-16(11-9-15)28(25,26)23-12-3-2-4-13-23/h5-11H,2-4,12-13H2,1H3,(H,22,24). The Morgan fingerprint density at radius 2 is 1.79 bits per heavy atom. The van der Waals surface area contributed by atoms with Crippen LogP contribution in [-0.4, -0.2) is 36.7 Å². The number of amides is 1. The lowest BCUT2D eigenvalue weighted by Crippen LogP contribution is -2.35. The van der Waals surface area contributed by atoms with E-state index in [4.69, 9.17) is 4.42 Å². The van der Waals surface area contributed by atoms with Crippen molar-refractivity contribution in [2.75, 3.05) is 18.4 Å². The van der Waals surface area contributed by atoms with Crippen molar-refractivity contribution in [1.82, 2.24) is 9.29 Å². The molecule has 0 atom stereocenters. The summed E-state index contributed by atoms with van der Waals surface area (Å²) in [5.74, 6) is 0.174. The van der Waals surface area contributed by atoms with Gasteiger partial charge in [0.1, 0.15) is 5.52 Å². The summed E-state index contributed by atoms with van der Waals surface area (Å²) in [5, 5.41) is 2.80. The number of carbonyl (C=O) groups excluding carboxylic acids is 1. The number of aromatic nitrogens is 1. The molecule has 1 fully saturated rings. The van der Waals surface area contributed by atoms with Gasteiger partial charge in [0.25, 0.3) is 5.91 Å². The zero-order valence-electron chi connectivity index (χ0n) is 15.5. The average Bonchev–Trinajstić information content (AvgIpc) is 3.10. The van der Waals surface area contributed by atoms with Gasteiger partial charge in [-0.25, -0.2) is 13.4 Å². The van der Waals surface area contributed by atoms with Crippen molar-refractivity contribution in [1.29, 1.82) is 0 Å². The minimum Gasteiger partial charge on any atom is -0.439 e. The van der Waals surface area contributed by atoms with Crippen molar-refractivity contribution in [2.45, 2.75) is 31.1 Å². The molecule has 1 saturated heterocycles. The number of hydrogen-bond donors (Lipinski definition) is 1. The van der Waals surface area contributed by atoms with Gasteiger partial charge in [0.15, 0.2) is 11.5 Å². The first kappa shape index (κ1) is 18.6. The number of nitrogens with one attached hydrogen (secondary N) is 1. The van der Waals surface area contributed by atoms with E-state index in [0.717, 1.165) is 19.3 Å². The highest BCUT2D eigenvalue weighted by Crippen LogP contribution is 2.25. The number of sulfonamides is 1. The third-order valence-electron chi connectivity index (χ3n) is 4.84. The van der Waals surface area contributed by atoms with Crippen LogP contribution in [0.2, 0.25) is 0 Å². The Bertz CT molecular complexity index is 1110. The van der Waals surface area contributed by atoms with Crippen LogP contribution in [0.4, 0.5) is 5.69 Å². The molecule has 2 heterocycles. The molecule has 3 aromatic rings. The van der Waals surface area contributed by atoms with E-state index in [0.29, 0.717) is 41.3 Å². The number of piperidine rings is 1. The molecule has 8 heteroatoms. The Balaban J connectivity index is 1.54. The van der Waals surface area contributed by atoms with E-state index in [1.165, 1.54) is 28.6 Å². The average molecular weight is 399 g/mol. The Labute approximate surface area is 163 Å². The number of oxazole rings is 1. The van der Waals surface area contributed by atoms with Crippen LogP contribution in [0.1, 0.15) is 35.5 Å². The second kappa shape index (κ2) is 7.37. The largest absolute Gasteiger partial charge is 0.439 e. The van der Waals surface area contributed by atoms with Crippen molar-refractivity contribution in [3.05, 3.63) is 53.9 Å². The summed E-state index contributed by atoms with van der Waals surface area (Å²) in [4.78, 5) is 17.0. The second-order valence-corrected chi connectivity index (χ2v) is 8.77. The van der Waals surface area contributed by atoms with E-state index in [1.807, 2.05) is 6.07 Å². The van der Waals surface area contributed by atoms with Gasteiger partial charge in [-0.1, -0.05) is 12.5 Å². The molecule has 0 unspecified atom stereocenters. The lowest BCUT2D eigenvalue weighted by Gasteiger charge is -2.25. The fraction of sp³-hybridized carbons (Fsp3) is 0.300. The predicted molar refractivity (Wildman–Crippen MR) is 106 cm³/mol. The molecule has 0 bridgehead atoms. The molecule has 0 radical (unpaired) electrons. The number of aryl methyl sites for hydroxylation is 1. The summed E-state index contributed by atoms with van der Waals surface area (Å²) >= 11 is 0. The summed E-state index contributed by atoms with van der Waals surface area (Å²) in [7, 11) is -3.51. The molecule has 28 heavy (non-hydrogen) atoms. The summed E-state index contributed by atoms with van der Waals surface area (Å²) in [6.07, 6.45) is 2.82. The van der Waals surface area contributed by atoms with Crippen LogP contribution in [-0.2, 0) is 10.0 Å². The number of rotatable bonds is 4. The molecule has 1 amide bonds. The minimum absolute atomic E-state index is 0.207. The van der Waals surface area contributed by atoms with Crippen LogP contribution in [0.3, 0.4) is 0 Å². The zero-order valence-corrected chi connectivity index (χ0v) is 16.3. The van der Waals surface area contributed by atoms with Gasteiger partial charge in [0.2, 0.25) is 10.0 Å². The zero-order chi connectivity index (χ0) is 19.7. The monoisotopic (exact) mass is 399 g/mol. The molecule has 1 aromatic heterocycles. The Morgan fingerprint density at radius 1 is 1.07 bits per heavy atom. The first-order valence-electron chi connectivity index (χ1n) is 9.23. The third kappa shape index (κ3) is 3.53. The molecule has 1 aliphatic heterocycles. The molecule has 146 valence electrons. The number of fused-ring (bicyclic) bond motifs is 1. The number of benzene rings is 2. The smallest absolute Gasteiger partial charge is 0.255 e. The highest BCUT2D eigenvalue weighted by atomic mass is 32.2. The van der Waals surface area contributed by atoms with Gasteiger partial charge in [-0.2, -0.15) is 4.31 Å². The second-order valence-electron chi connectivity index (χ2n) is 6.83. The maximum atomic E-state index is 12.7. The lowest BCUT2D eigenvalue weighted by atomic mass is 10.2. The van der Waals surface area contributed by atoms with E-state index in [-0.39, 0.29) is 10.8 Å². The Kier molecular flexibility index (Phi) is 4.91. The van der Waals surface area contributed by atoms with Crippen molar-refractivity contribution in [2.24, 2.45) is 0 Å².